The Kier molecular flexibility index (Phi) is 4.40. The van der Waals surface area contributed by atoms with E-state index in [-0.39, 0.29) is 17.9 Å². The average Bonchev–Trinajstić information content (AvgIpc) is 3.16. The van der Waals surface area contributed by atoms with Gasteiger partial charge >= 0.3 is 0 Å². The van der Waals surface area contributed by atoms with Crippen LogP contribution in [0.4, 0.5) is 0 Å². The minimum absolute atomic E-state index is 0.00668. The van der Waals surface area contributed by atoms with Crippen LogP contribution in [0, 0.1) is 5.41 Å². The third-order valence-corrected chi connectivity index (χ3v) is 4.04. The van der Waals surface area contributed by atoms with E-state index in [0.29, 0.717) is 13.0 Å². The van der Waals surface area contributed by atoms with Crippen LogP contribution in [0.15, 0.2) is 28.7 Å². The lowest BCUT2D eigenvalue weighted by molar-refractivity contribution is -0.121. The van der Waals surface area contributed by atoms with Gasteiger partial charge < -0.3 is 10.4 Å². The molecule has 1 aromatic rings. The molecule has 0 radical (unpaired) electrons. The zero-order valence-electron chi connectivity index (χ0n) is 10.3. The fourth-order valence-electron chi connectivity index (χ4n) is 1.85. The second-order valence-electron chi connectivity index (χ2n) is 5.06. The maximum Gasteiger partial charge on any atom is 0.220 e. The SMILES string of the molecule is O=C(CCc1ccc(Br)cc1)NCC1(CO)CC1. The topological polar surface area (TPSA) is 49.3 Å². The number of hydrogen-bond acceptors (Lipinski definition) is 2. The Morgan fingerprint density at radius 2 is 2.00 bits per heavy atom. The number of hydrogen-bond donors (Lipinski definition) is 2. The first-order chi connectivity index (χ1) is 8.63. The first-order valence-electron chi connectivity index (χ1n) is 6.26. The van der Waals surface area contributed by atoms with Crippen molar-refractivity contribution in [1.29, 1.82) is 0 Å². The Morgan fingerprint density at radius 3 is 2.56 bits per heavy atom. The van der Waals surface area contributed by atoms with Crippen molar-refractivity contribution in [2.24, 2.45) is 5.41 Å². The van der Waals surface area contributed by atoms with Crippen LogP contribution in [0.25, 0.3) is 0 Å². The van der Waals surface area contributed by atoms with Crippen LogP contribution in [-0.4, -0.2) is 24.2 Å². The van der Waals surface area contributed by atoms with Crippen molar-refractivity contribution >= 4 is 21.8 Å². The number of rotatable bonds is 6. The molecule has 1 amide bonds. The highest BCUT2D eigenvalue weighted by Gasteiger charge is 2.41. The van der Waals surface area contributed by atoms with Gasteiger partial charge in [-0.15, -0.1) is 0 Å². The van der Waals surface area contributed by atoms with Crippen molar-refractivity contribution in [2.75, 3.05) is 13.2 Å². The highest BCUT2D eigenvalue weighted by atomic mass is 79.9. The van der Waals surface area contributed by atoms with Gasteiger partial charge in [0.2, 0.25) is 5.91 Å². The Morgan fingerprint density at radius 1 is 1.33 bits per heavy atom. The molecule has 0 atom stereocenters. The Balaban J connectivity index is 1.70. The van der Waals surface area contributed by atoms with E-state index in [4.69, 9.17) is 5.11 Å². The van der Waals surface area contributed by atoms with E-state index < -0.39 is 0 Å². The molecule has 1 aromatic carbocycles. The normalized spacial score (nSPS) is 16.3. The van der Waals surface area contributed by atoms with Crippen LogP contribution in [0.1, 0.15) is 24.8 Å². The lowest BCUT2D eigenvalue weighted by Gasteiger charge is -2.12. The van der Waals surface area contributed by atoms with Gasteiger partial charge in [0.25, 0.3) is 0 Å². The van der Waals surface area contributed by atoms with Gasteiger partial charge in [-0.3, -0.25) is 4.79 Å². The summed E-state index contributed by atoms with van der Waals surface area (Å²) in [6.45, 7) is 0.794. The minimum atomic E-state index is -0.00668. The van der Waals surface area contributed by atoms with Crippen molar-refractivity contribution in [3.05, 3.63) is 34.3 Å². The highest BCUT2D eigenvalue weighted by molar-refractivity contribution is 9.10. The smallest absolute Gasteiger partial charge is 0.220 e. The zero-order valence-corrected chi connectivity index (χ0v) is 11.9. The molecule has 4 heteroatoms. The summed E-state index contributed by atoms with van der Waals surface area (Å²) in [6, 6.07) is 8.01. The summed E-state index contributed by atoms with van der Waals surface area (Å²) in [4.78, 5) is 11.7. The maximum absolute atomic E-state index is 11.7. The van der Waals surface area contributed by atoms with Crippen LogP contribution in [0.5, 0.6) is 0 Å². The molecule has 3 nitrogen and oxygen atoms in total. The fraction of sp³-hybridized carbons (Fsp3) is 0.500. The molecule has 0 heterocycles. The van der Waals surface area contributed by atoms with Crippen molar-refractivity contribution < 1.29 is 9.90 Å². The fourth-order valence-corrected chi connectivity index (χ4v) is 2.12. The lowest BCUT2D eigenvalue weighted by atomic mass is 10.1. The predicted octanol–water partition coefficient (Wildman–Crippen LogP) is 2.27. The van der Waals surface area contributed by atoms with Crippen molar-refractivity contribution in [3.63, 3.8) is 0 Å². The third-order valence-electron chi connectivity index (χ3n) is 3.51. The van der Waals surface area contributed by atoms with Gasteiger partial charge in [-0.05, 0) is 37.0 Å². The first kappa shape index (κ1) is 13.6. The molecule has 0 aromatic heterocycles. The quantitative estimate of drug-likeness (QED) is 0.846. The van der Waals surface area contributed by atoms with Gasteiger partial charge in [-0.2, -0.15) is 0 Å². The number of aliphatic hydroxyl groups excluding tert-OH is 1. The molecule has 1 saturated carbocycles. The van der Waals surface area contributed by atoms with E-state index in [9.17, 15) is 4.79 Å². The molecule has 0 saturated heterocycles. The van der Waals surface area contributed by atoms with Gasteiger partial charge in [0.05, 0.1) is 6.61 Å². The minimum Gasteiger partial charge on any atom is -0.396 e. The molecule has 1 fully saturated rings. The van der Waals surface area contributed by atoms with Crippen LogP contribution < -0.4 is 5.32 Å². The largest absolute Gasteiger partial charge is 0.396 e. The molecule has 0 spiro atoms. The predicted molar refractivity (Wildman–Crippen MR) is 74.2 cm³/mol. The Bertz CT molecular complexity index is 412. The number of halogens is 1. The Labute approximate surface area is 116 Å². The molecule has 0 bridgehead atoms. The third kappa shape index (κ3) is 3.82. The van der Waals surface area contributed by atoms with Gasteiger partial charge in [0.15, 0.2) is 0 Å². The molecule has 1 aliphatic carbocycles. The maximum atomic E-state index is 11.7. The molecule has 0 aliphatic heterocycles. The second-order valence-corrected chi connectivity index (χ2v) is 5.98. The van der Waals surface area contributed by atoms with E-state index in [1.807, 2.05) is 24.3 Å². The van der Waals surface area contributed by atoms with Gasteiger partial charge in [0.1, 0.15) is 0 Å². The number of aryl methyl sites for hydroxylation is 1. The summed E-state index contributed by atoms with van der Waals surface area (Å²) in [5, 5.41) is 12.1. The molecular formula is C14H18BrNO2. The number of nitrogens with one attached hydrogen (secondary N) is 1. The molecule has 98 valence electrons. The summed E-state index contributed by atoms with van der Waals surface area (Å²) in [7, 11) is 0. The van der Waals surface area contributed by atoms with Crippen LogP contribution >= 0.6 is 15.9 Å². The Hall–Kier alpha value is -0.870. The number of amides is 1. The van der Waals surface area contributed by atoms with Crippen molar-refractivity contribution in [2.45, 2.75) is 25.7 Å². The lowest BCUT2D eigenvalue weighted by Crippen LogP contribution is -2.31. The average molecular weight is 312 g/mol. The van der Waals surface area contributed by atoms with Crippen LogP contribution in [0.3, 0.4) is 0 Å². The number of carbonyl (C=O) groups is 1. The zero-order chi connectivity index (χ0) is 13.0. The first-order valence-corrected chi connectivity index (χ1v) is 7.05. The molecule has 18 heavy (non-hydrogen) atoms. The second kappa shape index (κ2) is 5.85. The summed E-state index contributed by atoms with van der Waals surface area (Å²) < 4.78 is 1.05. The van der Waals surface area contributed by atoms with Gasteiger partial charge in [-0.25, -0.2) is 0 Å². The highest BCUT2D eigenvalue weighted by Crippen LogP contribution is 2.44. The molecule has 0 unspecified atom stereocenters. The summed E-state index contributed by atoms with van der Waals surface area (Å²) >= 11 is 3.38. The van der Waals surface area contributed by atoms with Crippen molar-refractivity contribution in [1.82, 2.24) is 5.32 Å². The van der Waals surface area contributed by atoms with E-state index in [1.165, 1.54) is 0 Å². The van der Waals surface area contributed by atoms with Gasteiger partial charge in [0, 0.05) is 22.9 Å². The summed E-state index contributed by atoms with van der Waals surface area (Å²) in [5.41, 5.74) is 1.16. The number of carbonyl (C=O) groups excluding carboxylic acids is 1. The van der Waals surface area contributed by atoms with Crippen LogP contribution in [-0.2, 0) is 11.2 Å². The standard InChI is InChI=1S/C14H18BrNO2/c15-12-4-1-11(2-5-12)3-6-13(18)16-9-14(10-17)7-8-14/h1-2,4-5,17H,3,6-10H2,(H,16,18). The summed E-state index contributed by atoms with van der Waals surface area (Å²) in [6.07, 6.45) is 3.31. The molecule has 1 aliphatic rings. The number of aliphatic hydroxyl groups is 1. The van der Waals surface area contributed by atoms with E-state index >= 15 is 0 Å². The van der Waals surface area contributed by atoms with E-state index in [1.54, 1.807) is 0 Å². The molecule has 2 N–H and O–H groups in total. The summed E-state index contributed by atoms with van der Waals surface area (Å²) in [5.74, 6) is 0.0673. The van der Waals surface area contributed by atoms with Gasteiger partial charge in [-0.1, -0.05) is 28.1 Å². The van der Waals surface area contributed by atoms with E-state index in [0.717, 1.165) is 29.3 Å². The monoisotopic (exact) mass is 311 g/mol. The molecule has 2 rings (SSSR count). The van der Waals surface area contributed by atoms with Crippen LogP contribution in [0.2, 0.25) is 0 Å². The molecular weight excluding hydrogens is 294 g/mol. The van der Waals surface area contributed by atoms with Crippen molar-refractivity contribution in [3.8, 4) is 0 Å². The van der Waals surface area contributed by atoms with E-state index in [2.05, 4.69) is 21.2 Å². The number of benzene rings is 1.